The van der Waals surface area contributed by atoms with Crippen LogP contribution < -0.4 is 5.48 Å². The van der Waals surface area contributed by atoms with Gasteiger partial charge in [-0.2, -0.15) is 0 Å². The van der Waals surface area contributed by atoms with E-state index in [1.54, 1.807) is 17.8 Å². The summed E-state index contributed by atoms with van der Waals surface area (Å²) in [6.45, 7) is 0. The van der Waals surface area contributed by atoms with E-state index in [1.165, 1.54) is 0 Å². The summed E-state index contributed by atoms with van der Waals surface area (Å²) in [5, 5.41) is 8.37. The van der Waals surface area contributed by atoms with Gasteiger partial charge in [0, 0.05) is 12.5 Å². The Bertz CT molecular complexity index is 576. The Kier molecular flexibility index (Phi) is 5.08. The van der Waals surface area contributed by atoms with Crippen LogP contribution in [0.1, 0.15) is 30.0 Å². The number of amides is 1. The average Bonchev–Trinajstić information content (AvgIpc) is 2.94. The van der Waals surface area contributed by atoms with E-state index in [2.05, 4.69) is 4.98 Å². The van der Waals surface area contributed by atoms with Gasteiger partial charge in [-0.05, 0) is 24.5 Å². The minimum absolute atomic E-state index is 0.262. The van der Waals surface area contributed by atoms with Crippen LogP contribution in [0.25, 0.3) is 12.2 Å². The molecule has 1 aromatic heterocycles. The van der Waals surface area contributed by atoms with Crippen LogP contribution in [0, 0.1) is 0 Å². The lowest BCUT2D eigenvalue weighted by Crippen LogP contribution is -2.18. The van der Waals surface area contributed by atoms with Gasteiger partial charge in [-0.25, -0.2) is 10.5 Å². The molecule has 0 aliphatic rings. The van der Waals surface area contributed by atoms with Crippen LogP contribution in [0.5, 0.6) is 0 Å². The van der Waals surface area contributed by atoms with Gasteiger partial charge in [0.25, 0.3) is 0 Å². The maximum atomic E-state index is 10.9. The number of hydrogen-bond donors (Lipinski definition) is 2. The molecule has 1 amide bonds. The zero-order chi connectivity index (χ0) is 14.2. The number of carbonyl (C=O) groups is 1. The van der Waals surface area contributed by atoms with Gasteiger partial charge in [-0.1, -0.05) is 30.3 Å². The predicted molar refractivity (Wildman–Crippen MR) is 74.7 cm³/mol. The van der Waals surface area contributed by atoms with Crippen LogP contribution in [-0.4, -0.2) is 16.1 Å². The number of hydroxylamine groups is 1. The second-order valence-corrected chi connectivity index (χ2v) is 4.31. The first-order chi connectivity index (χ1) is 9.78. The second kappa shape index (κ2) is 7.25. The molecule has 0 saturated carbocycles. The van der Waals surface area contributed by atoms with E-state index in [4.69, 9.17) is 9.62 Å². The van der Waals surface area contributed by atoms with Gasteiger partial charge in [0.05, 0.1) is 5.69 Å². The van der Waals surface area contributed by atoms with Crippen LogP contribution in [0.4, 0.5) is 0 Å². The van der Waals surface area contributed by atoms with Gasteiger partial charge >= 0.3 is 0 Å². The van der Waals surface area contributed by atoms with Crippen LogP contribution >= 0.6 is 0 Å². The summed E-state index contributed by atoms with van der Waals surface area (Å²) in [7, 11) is 0. The smallest absolute Gasteiger partial charge is 0.243 e. The van der Waals surface area contributed by atoms with E-state index >= 15 is 0 Å². The van der Waals surface area contributed by atoms with Crippen molar-refractivity contribution in [1.29, 1.82) is 0 Å². The van der Waals surface area contributed by atoms with E-state index in [-0.39, 0.29) is 6.42 Å². The van der Waals surface area contributed by atoms with Gasteiger partial charge in [0.2, 0.25) is 11.8 Å². The first-order valence-corrected chi connectivity index (χ1v) is 6.38. The fraction of sp³-hybridized carbons (Fsp3) is 0.200. The quantitative estimate of drug-likeness (QED) is 0.626. The number of oxazole rings is 1. The molecule has 0 fully saturated rings. The van der Waals surface area contributed by atoms with Crippen molar-refractivity contribution < 1.29 is 14.4 Å². The number of hydrogen-bond acceptors (Lipinski definition) is 4. The maximum absolute atomic E-state index is 10.9. The fourth-order valence-corrected chi connectivity index (χ4v) is 1.73. The maximum Gasteiger partial charge on any atom is 0.243 e. The number of carbonyl (C=O) groups excluding carboxylic acids is 1. The van der Waals surface area contributed by atoms with E-state index in [0.29, 0.717) is 18.7 Å². The lowest BCUT2D eigenvalue weighted by molar-refractivity contribution is -0.129. The van der Waals surface area contributed by atoms with Crippen LogP contribution in [-0.2, 0) is 11.2 Å². The third-order valence-corrected chi connectivity index (χ3v) is 2.75. The molecule has 2 rings (SSSR count). The van der Waals surface area contributed by atoms with Crippen molar-refractivity contribution >= 4 is 18.1 Å². The highest BCUT2D eigenvalue weighted by Crippen LogP contribution is 2.10. The molecule has 2 aromatic rings. The minimum Gasteiger partial charge on any atom is -0.445 e. The molecule has 5 heteroatoms. The molecule has 0 spiro atoms. The Balaban J connectivity index is 1.86. The lowest BCUT2D eigenvalue weighted by Gasteiger charge is -1.95. The number of nitrogens with one attached hydrogen (secondary N) is 1. The molecule has 0 atom stereocenters. The number of aryl methyl sites for hydroxylation is 1. The Morgan fingerprint density at radius 1 is 1.30 bits per heavy atom. The minimum atomic E-state index is -0.391. The zero-order valence-corrected chi connectivity index (χ0v) is 11.0. The monoisotopic (exact) mass is 272 g/mol. The van der Waals surface area contributed by atoms with Crippen molar-refractivity contribution in [2.75, 3.05) is 0 Å². The molecule has 0 aliphatic heterocycles. The molecule has 0 saturated heterocycles. The summed E-state index contributed by atoms with van der Waals surface area (Å²) in [4.78, 5) is 15.2. The largest absolute Gasteiger partial charge is 0.445 e. The molecule has 104 valence electrons. The Labute approximate surface area is 116 Å². The Morgan fingerprint density at radius 2 is 2.10 bits per heavy atom. The standard InChI is InChI=1S/C15H16N2O3/c18-14(17-19)8-4-7-13-11-20-15(16-13)10-9-12-5-2-1-3-6-12/h1-3,5-6,9-11,19H,4,7-8H2,(H,17,18)/b10-9+. The van der Waals surface area contributed by atoms with E-state index < -0.39 is 5.91 Å². The highest BCUT2D eigenvalue weighted by molar-refractivity contribution is 5.74. The Hall–Kier alpha value is -2.40. The molecule has 0 radical (unpaired) electrons. The van der Waals surface area contributed by atoms with E-state index in [0.717, 1.165) is 11.3 Å². The third-order valence-electron chi connectivity index (χ3n) is 2.75. The normalized spacial score (nSPS) is 10.8. The second-order valence-electron chi connectivity index (χ2n) is 4.31. The van der Waals surface area contributed by atoms with Crippen molar-refractivity contribution in [2.45, 2.75) is 19.3 Å². The van der Waals surface area contributed by atoms with Crippen molar-refractivity contribution in [3.63, 3.8) is 0 Å². The van der Waals surface area contributed by atoms with Crippen LogP contribution in [0.2, 0.25) is 0 Å². The summed E-state index contributed by atoms with van der Waals surface area (Å²) in [5.41, 5.74) is 3.47. The molecule has 0 aliphatic carbocycles. The molecule has 5 nitrogen and oxygen atoms in total. The van der Waals surface area contributed by atoms with Crippen molar-refractivity contribution in [1.82, 2.24) is 10.5 Å². The molecule has 1 aromatic carbocycles. The predicted octanol–water partition coefficient (Wildman–Crippen LogP) is 2.67. The summed E-state index contributed by atoms with van der Waals surface area (Å²) in [6, 6.07) is 9.88. The molecule has 0 unspecified atom stereocenters. The zero-order valence-electron chi connectivity index (χ0n) is 11.0. The van der Waals surface area contributed by atoms with Gasteiger partial charge in [-0.3, -0.25) is 10.0 Å². The third kappa shape index (κ3) is 4.37. The van der Waals surface area contributed by atoms with E-state index in [1.807, 2.05) is 36.4 Å². The highest BCUT2D eigenvalue weighted by atomic mass is 16.5. The molecule has 0 bridgehead atoms. The highest BCUT2D eigenvalue weighted by Gasteiger charge is 2.03. The first kappa shape index (κ1) is 14.0. The van der Waals surface area contributed by atoms with Gasteiger partial charge in [0.1, 0.15) is 6.26 Å². The number of nitrogens with zero attached hydrogens (tertiary/aromatic N) is 1. The van der Waals surface area contributed by atoms with Gasteiger partial charge < -0.3 is 4.42 Å². The van der Waals surface area contributed by atoms with Gasteiger partial charge in [0.15, 0.2) is 0 Å². The summed E-state index contributed by atoms with van der Waals surface area (Å²) < 4.78 is 5.32. The number of benzene rings is 1. The summed E-state index contributed by atoms with van der Waals surface area (Å²) >= 11 is 0. The Morgan fingerprint density at radius 3 is 2.85 bits per heavy atom. The molecule has 20 heavy (non-hydrogen) atoms. The van der Waals surface area contributed by atoms with E-state index in [9.17, 15) is 4.79 Å². The van der Waals surface area contributed by atoms with Crippen molar-refractivity contribution in [2.24, 2.45) is 0 Å². The average molecular weight is 272 g/mol. The molecule has 2 N–H and O–H groups in total. The molecular formula is C15H16N2O3. The lowest BCUT2D eigenvalue weighted by atomic mass is 10.2. The SMILES string of the molecule is O=C(CCCc1coc(/C=C/c2ccccc2)n1)NO. The first-order valence-electron chi connectivity index (χ1n) is 6.38. The number of aromatic nitrogens is 1. The summed E-state index contributed by atoms with van der Waals surface area (Å²) in [5.74, 6) is 0.146. The summed E-state index contributed by atoms with van der Waals surface area (Å²) in [6.07, 6.45) is 6.82. The fourth-order valence-electron chi connectivity index (χ4n) is 1.73. The van der Waals surface area contributed by atoms with Crippen molar-refractivity contribution in [3.8, 4) is 0 Å². The molecule has 1 heterocycles. The van der Waals surface area contributed by atoms with Crippen LogP contribution in [0.3, 0.4) is 0 Å². The molecular weight excluding hydrogens is 256 g/mol. The topological polar surface area (TPSA) is 75.4 Å². The number of rotatable bonds is 6. The van der Waals surface area contributed by atoms with Gasteiger partial charge in [-0.15, -0.1) is 0 Å². The van der Waals surface area contributed by atoms with Crippen molar-refractivity contribution in [3.05, 3.63) is 53.7 Å². The van der Waals surface area contributed by atoms with Crippen LogP contribution in [0.15, 0.2) is 41.0 Å².